The van der Waals surface area contributed by atoms with Crippen LogP contribution in [0.3, 0.4) is 0 Å². The van der Waals surface area contributed by atoms with Crippen LogP contribution in [0.2, 0.25) is 0 Å². The molecule has 1 aromatic heterocycles. The van der Waals surface area contributed by atoms with Crippen LogP contribution in [0.25, 0.3) is 10.9 Å². The zero-order valence-electron chi connectivity index (χ0n) is 22.7. The molecule has 1 amide bonds. The molecule has 10 nitrogen and oxygen atoms in total. The lowest BCUT2D eigenvalue weighted by molar-refractivity contribution is -0.134. The molecule has 3 aromatic rings. The normalized spacial score (nSPS) is 16.9. The molecule has 0 bridgehead atoms. The average Bonchev–Trinajstić information content (AvgIpc) is 3.36. The van der Waals surface area contributed by atoms with E-state index in [1.807, 2.05) is 30.3 Å². The van der Waals surface area contributed by atoms with Gasteiger partial charge in [0.05, 0.1) is 23.3 Å². The highest BCUT2D eigenvalue weighted by molar-refractivity contribution is 7.90. The number of aliphatic hydroxyl groups is 1. The van der Waals surface area contributed by atoms with Crippen molar-refractivity contribution in [2.75, 3.05) is 51.1 Å². The second kappa shape index (κ2) is 12.7. The lowest BCUT2D eigenvalue weighted by atomic mass is 10.0. The molecule has 1 aliphatic heterocycles. The largest absolute Gasteiger partial charge is 0.483 e. The van der Waals surface area contributed by atoms with Crippen molar-refractivity contribution in [2.45, 2.75) is 32.4 Å². The van der Waals surface area contributed by atoms with Gasteiger partial charge in [0.2, 0.25) is 0 Å². The van der Waals surface area contributed by atoms with Crippen LogP contribution < -0.4 is 9.46 Å². The lowest BCUT2D eigenvalue weighted by Crippen LogP contribution is -2.40. The van der Waals surface area contributed by atoms with Crippen LogP contribution in [-0.4, -0.2) is 91.0 Å². The fourth-order valence-electron chi connectivity index (χ4n) is 4.89. The smallest absolute Gasteiger partial charge is 0.301 e. The molecule has 39 heavy (non-hydrogen) atoms. The summed E-state index contributed by atoms with van der Waals surface area (Å²) in [6, 6.07) is 16.4. The first-order chi connectivity index (χ1) is 18.7. The molecule has 1 aliphatic rings. The number of fused-ring (bicyclic) bond motifs is 1. The van der Waals surface area contributed by atoms with Gasteiger partial charge in [0.15, 0.2) is 6.61 Å². The van der Waals surface area contributed by atoms with Gasteiger partial charge in [0.25, 0.3) is 5.91 Å². The van der Waals surface area contributed by atoms with E-state index in [0.29, 0.717) is 48.5 Å². The topological polar surface area (TPSA) is 115 Å². The zero-order chi connectivity index (χ0) is 28.0. The van der Waals surface area contributed by atoms with Gasteiger partial charge in [-0.25, -0.2) is 0 Å². The molecule has 0 unspecified atom stereocenters. The van der Waals surface area contributed by atoms with E-state index in [1.54, 1.807) is 56.3 Å². The first-order valence-electron chi connectivity index (χ1n) is 13.2. The first-order valence-corrected chi connectivity index (χ1v) is 14.7. The Morgan fingerprint density at radius 2 is 1.90 bits per heavy atom. The van der Waals surface area contributed by atoms with E-state index in [-0.39, 0.29) is 24.7 Å². The van der Waals surface area contributed by atoms with Crippen LogP contribution in [0, 0.1) is 0 Å². The standard InChI is InChI=1S/C28H37N5O5S/c1-4-33(5-2)39(36,37)30-24-13-14-26(23-12-9-16-29-28(23)24)38-20-27(35)31(3)25(21-10-7-6-8-11-21)19-32-17-15-22(34)18-32/h6-14,16,22,25,30,34H,4-5,15,17-20H2,1-3H3/t22-,25+/m0/s1. The van der Waals surface area contributed by atoms with Crippen molar-refractivity contribution >= 4 is 32.7 Å². The molecule has 2 aromatic carbocycles. The molecule has 0 aliphatic carbocycles. The van der Waals surface area contributed by atoms with Crippen LogP contribution >= 0.6 is 0 Å². The second-order valence-electron chi connectivity index (χ2n) is 9.62. The number of rotatable bonds is 12. The minimum absolute atomic E-state index is 0.197. The number of aliphatic hydroxyl groups excluding tert-OH is 1. The number of carbonyl (C=O) groups is 1. The molecular weight excluding hydrogens is 518 g/mol. The van der Waals surface area contributed by atoms with Crippen LogP contribution in [0.5, 0.6) is 5.75 Å². The van der Waals surface area contributed by atoms with Gasteiger partial charge < -0.3 is 14.7 Å². The predicted octanol–water partition coefficient (Wildman–Crippen LogP) is 2.88. The number of β-amino-alcohol motifs (C(OH)–C–C–N with tert-alkyl or cyclic N) is 1. The van der Waals surface area contributed by atoms with Gasteiger partial charge in [0.1, 0.15) is 5.75 Å². The second-order valence-corrected chi connectivity index (χ2v) is 11.3. The number of pyridine rings is 1. The highest BCUT2D eigenvalue weighted by atomic mass is 32.2. The van der Waals surface area contributed by atoms with Crippen molar-refractivity contribution in [3.8, 4) is 5.75 Å². The average molecular weight is 556 g/mol. The maximum Gasteiger partial charge on any atom is 0.301 e. The molecule has 1 fully saturated rings. The van der Waals surface area contributed by atoms with Gasteiger partial charge in [-0.05, 0) is 36.2 Å². The van der Waals surface area contributed by atoms with Crippen LogP contribution in [0.4, 0.5) is 5.69 Å². The highest BCUT2D eigenvalue weighted by Gasteiger charge is 2.28. The highest BCUT2D eigenvalue weighted by Crippen LogP contribution is 2.31. The van der Waals surface area contributed by atoms with Crippen molar-refractivity contribution in [3.05, 3.63) is 66.4 Å². The summed E-state index contributed by atoms with van der Waals surface area (Å²) in [5.74, 6) is 0.233. The van der Waals surface area contributed by atoms with Crippen LogP contribution in [0.15, 0.2) is 60.8 Å². The summed E-state index contributed by atoms with van der Waals surface area (Å²) in [5, 5.41) is 10.6. The summed E-state index contributed by atoms with van der Waals surface area (Å²) >= 11 is 0. The number of carbonyl (C=O) groups excluding carboxylic acids is 1. The van der Waals surface area contributed by atoms with E-state index in [0.717, 1.165) is 18.5 Å². The Bertz CT molecular complexity index is 1370. The Kier molecular flexibility index (Phi) is 9.39. The van der Waals surface area contributed by atoms with Crippen LogP contribution in [-0.2, 0) is 15.0 Å². The Labute approximate surface area is 230 Å². The molecule has 1 saturated heterocycles. The summed E-state index contributed by atoms with van der Waals surface area (Å²) in [4.78, 5) is 21.6. The molecule has 11 heteroatoms. The van der Waals surface area contributed by atoms with Crippen molar-refractivity contribution in [3.63, 3.8) is 0 Å². The molecule has 0 saturated carbocycles. The molecule has 2 heterocycles. The van der Waals surface area contributed by atoms with E-state index in [4.69, 9.17) is 4.74 Å². The van der Waals surface area contributed by atoms with E-state index >= 15 is 0 Å². The third-order valence-electron chi connectivity index (χ3n) is 7.09. The number of likely N-dealkylation sites (tertiary alicyclic amines) is 1. The van der Waals surface area contributed by atoms with E-state index in [2.05, 4.69) is 14.6 Å². The SMILES string of the molecule is CCN(CC)S(=O)(=O)Nc1ccc(OCC(=O)N(C)[C@H](CN2CC[C@H](O)C2)c2ccccc2)c2cccnc12. The third kappa shape index (κ3) is 6.85. The molecule has 4 rings (SSSR count). The maximum atomic E-state index is 13.3. The van der Waals surface area contributed by atoms with Crippen molar-refractivity contribution in [1.82, 2.24) is 19.1 Å². The molecule has 210 valence electrons. The molecule has 0 spiro atoms. The minimum atomic E-state index is -3.74. The number of amides is 1. The number of hydrogen-bond acceptors (Lipinski definition) is 7. The minimum Gasteiger partial charge on any atom is -0.483 e. The monoisotopic (exact) mass is 555 g/mol. The first kappa shape index (κ1) is 28.8. The predicted molar refractivity (Wildman–Crippen MR) is 152 cm³/mol. The fraction of sp³-hybridized carbons (Fsp3) is 0.429. The zero-order valence-corrected chi connectivity index (χ0v) is 23.5. The molecule has 2 atom stereocenters. The molecule has 2 N–H and O–H groups in total. The summed E-state index contributed by atoms with van der Waals surface area (Å²) < 4.78 is 35.5. The Balaban J connectivity index is 1.51. The van der Waals surface area contributed by atoms with Crippen molar-refractivity contribution < 1.29 is 23.1 Å². The van der Waals surface area contributed by atoms with Gasteiger partial charge in [-0.2, -0.15) is 12.7 Å². The Morgan fingerprint density at radius 3 is 2.56 bits per heavy atom. The summed E-state index contributed by atoms with van der Waals surface area (Å²) in [5.41, 5.74) is 1.78. The number of aromatic nitrogens is 1. The van der Waals surface area contributed by atoms with Crippen molar-refractivity contribution in [2.24, 2.45) is 0 Å². The Hall–Kier alpha value is -3.25. The number of likely N-dealkylation sites (N-methyl/N-ethyl adjacent to an activating group) is 1. The van der Waals surface area contributed by atoms with Gasteiger partial charge in [-0.3, -0.25) is 19.4 Å². The molecule has 0 radical (unpaired) electrons. The number of anilines is 1. The number of ether oxygens (including phenoxy) is 1. The third-order valence-corrected chi connectivity index (χ3v) is 8.76. The van der Waals surface area contributed by atoms with E-state index in [9.17, 15) is 18.3 Å². The lowest BCUT2D eigenvalue weighted by Gasteiger charge is -2.32. The van der Waals surface area contributed by atoms with Crippen molar-refractivity contribution in [1.29, 1.82) is 0 Å². The number of benzene rings is 2. The summed E-state index contributed by atoms with van der Waals surface area (Å²) in [6.07, 6.45) is 1.97. The molecular formula is C28H37N5O5S. The number of hydrogen-bond donors (Lipinski definition) is 2. The van der Waals surface area contributed by atoms with Gasteiger partial charge in [-0.15, -0.1) is 0 Å². The quantitative estimate of drug-likeness (QED) is 0.353. The fourth-order valence-corrected chi connectivity index (χ4v) is 6.14. The van der Waals surface area contributed by atoms with Gasteiger partial charge in [0, 0.05) is 51.4 Å². The maximum absolute atomic E-state index is 13.3. The summed E-state index contributed by atoms with van der Waals surface area (Å²) in [6.45, 7) is 6.03. The number of nitrogens with zero attached hydrogens (tertiary/aromatic N) is 4. The van der Waals surface area contributed by atoms with Gasteiger partial charge in [-0.1, -0.05) is 44.2 Å². The van der Waals surface area contributed by atoms with E-state index < -0.39 is 10.2 Å². The van der Waals surface area contributed by atoms with E-state index in [1.165, 1.54) is 4.31 Å². The van der Waals surface area contributed by atoms with Crippen LogP contribution in [0.1, 0.15) is 31.9 Å². The number of nitrogens with one attached hydrogen (secondary N) is 1. The summed E-state index contributed by atoms with van der Waals surface area (Å²) in [7, 11) is -1.98. The Morgan fingerprint density at radius 1 is 1.15 bits per heavy atom. The van der Waals surface area contributed by atoms with Gasteiger partial charge >= 0.3 is 10.2 Å².